The van der Waals surface area contributed by atoms with Crippen LogP contribution in [0.5, 0.6) is 0 Å². The van der Waals surface area contributed by atoms with Gasteiger partial charge in [-0.2, -0.15) is 0 Å². The minimum absolute atomic E-state index is 0.0826. The second kappa shape index (κ2) is 6.55. The maximum atomic E-state index is 11.8. The SMILES string of the molecule is CC1CC(O)CCCC(CC(=O)OC(C)(C)C)C1. The van der Waals surface area contributed by atoms with Gasteiger partial charge in [-0.1, -0.05) is 13.3 Å². The summed E-state index contributed by atoms with van der Waals surface area (Å²) in [5, 5.41) is 9.71. The number of aliphatic hydroxyl groups is 1. The predicted octanol–water partition coefficient (Wildman–Crippen LogP) is 3.30. The van der Waals surface area contributed by atoms with Crippen LogP contribution in [0.4, 0.5) is 0 Å². The molecule has 0 bridgehead atoms. The van der Waals surface area contributed by atoms with E-state index >= 15 is 0 Å². The third-order valence-electron chi connectivity index (χ3n) is 3.44. The standard InChI is InChI=1S/C15H28O3/c1-11-8-12(6-5-7-13(16)9-11)10-14(17)18-15(2,3)4/h11-13,16H,5-10H2,1-4H3. The zero-order valence-electron chi connectivity index (χ0n) is 12.2. The average molecular weight is 256 g/mol. The van der Waals surface area contributed by atoms with Crippen molar-refractivity contribution < 1.29 is 14.6 Å². The van der Waals surface area contributed by atoms with Gasteiger partial charge < -0.3 is 9.84 Å². The molecule has 0 heterocycles. The first-order valence-corrected chi connectivity index (χ1v) is 7.16. The van der Waals surface area contributed by atoms with Gasteiger partial charge in [0.05, 0.1) is 6.10 Å². The fourth-order valence-corrected chi connectivity index (χ4v) is 2.81. The Morgan fingerprint density at radius 3 is 2.56 bits per heavy atom. The van der Waals surface area contributed by atoms with Crippen molar-refractivity contribution in [3.05, 3.63) is 0 Å². The second-order valence-corrected chi connectivity index (χ2v) is 6.82. The maximum absolute atomic E-state index is 11.8. The molecule has 0 radical (unpaired) electrons. The van der Waals surface area contributed by atoms with Crippen LogP contribution < -0.4 is 0 Å². The van der Waals surface area contributed by atoms with Crippen molar-refractivity contribution in [2.45, 2.75) is 77.9 Å². The summed E-state index contributed by atoms with van der Waals surface area (Å²) in [6, 6.07) is 0. The first-order valence-electron chi connectivity index (χ1n) is 7.16. The average Bonchev–Trinajstić information content (AvgIpc) is 2.11. The van der Waals surface area contributed by atoms with Crippen molar-refractivity contribution in [1.82, 2.24) is 0 Å². The van der Waals surface area contributed by atoms with E-state index in [1.165, 1.54) is 0 Å². The maximum Gasteiger partial charge on any atom is 0.306 e. The molecule has 18 heavy (non-hydrogen) atoms. The Morgan fingerprint density at radius 1 is 1.28 bits per heavy atom. The van der Waals surface area contributed by atoms with Gasteiger partial charge in [-0.25, -0.2) is 0 Å². The lowest BCUT2D eigenvalue weighted by atomic mass is 9.82. The number of hydrogen-bond donors (Lipinski definition) is 1. The van der Waals surface area contributed by atoms with Crippen LogP contribution >= 0.6 is 0 Å². The van der Waals surface area contributed by atoms with E-state index in [-0.39, 0.29) is 17.7 Å². The molecule has 106 valence electrons. The number of esters is 1. The van der Waals surface area contributed by atoms with E-state index in [1.807, 2.05) is 20.8 Å². The second-order valence-electron chi connectivity index (χ2n) is 6.82. The lowest BCUT2D eigenvalue weighted by Gasteiger charge is -2.27. The van der Waals surface area contributed by atoms with Crippen molar-refractivity contribution >= 4 is 5.97 Å². The van der Waals surface area contributed by atoms with E-state index < -0.39 is 0 Å². The van der Waals surface area contributed by atoms with E-state index in [2.05, 4.69) is 6.92 Å². The molecule has 0 aromatic rings. The van der Waals surface area contributed by atoms with Gasteiger partial charge in [0.1, 0.15) is 5.60 Å². The van der Waals surface area contributed by atoms with Crippen LogP contribution in [0.15, 0.2) is 0 Å². The highest BCUT2D eigenvalue weighted by Crippen LogP contribution is 2.29. The molecule has 3 unspecified atom stereocenters. The fraction of sp³-hybridized carbons (Fsp3) is 0.933. The van der Waals surface area contributed by atoms with Crippen LogP contribution in [0.1, 0.15) is 66.2 Å². The number of carbonyl (C=O) groups is 1. The van der Waals surface area contributed by atoms with E-state index in [9.17, 15) is 9.90 Å². The molecule has 0 spiro atoms. The van der Waals surface area contributed by atoms with Gasteiger partial charge in [0.25, 0.3) is 0 Å². The van der Waals surface area contributed by atoms with Crippen LogP contribution in [0.3, 0.4) is 0 Å². The van der Waals surface area contributed by atoms with Gasteiger partial charge in [-0.3, -0.25) is 4.79 Å². The zero-order valence-corrected chi connectivity index (χ0v) is 12.2. The van der Waals surface area contributed by atoms with Gasteiger partial charge in [0, 0.05) is 6.42 Å². The minimum atomic E-state index is -0.388. The van der Waals surface area contributed by atoms with Gasteiger partial charge >= 0.3 is 5.97 Å². The molecule has 0 aromatic heterocycles. The van der Waals surface area contributed by atoms with E-state index in [4.69, 9.17) is 4.74 Å². The monoisotopic (exact) mass is 256 g/mol. The summed E-state index contributed by atoms with van der Waals surface area (Å²) in [4.78, 5) is 11.8. The number of rotatable bonds is 2. The van der Waals surface area contributed by atoms with Gasteiger partial charge in [-0.05, 0) is 58.3 Å². The molecule has 1 aliphatic carbocycles. The topological polar surface area (TPSA) is 46.5 Å². The Balaban J connectivity index is 2.43. The molecule has 0 amide bonds. The lowest BCUT2D eigenvalue weighted by Crippen LogP contribution is -2.26. The van der Waals surface area contributed by atoms with E-state index in [1.54, 1.807) is 0 Å². The molecule has 1 aliphatic rings. The summed E-state index contributed by atoms with van der Waals surface area (Å²) in [7, 11) is 0. The largest absolute Gasteiger partial charge is 0.460 e. The molecule has 0 saturated heterocycles. The summed E-state index contributed by atoms with van der Waals surface area (Å²) < 4.78 is 5.38. The molecule has 0 aromatic carbocycles. The molecule has 0 aliphatic heterocycles. The van der Waals surface area contributed by atoms with Crippen molar-refractivity contribution in [1.29, 1.82) is 0 Å². The number of carbonyl (C=O) groups excluding carboxylic acids is 1. The highest BCUT2D eigenvalue weighted by atomic mass is 16.6. The molecule has 3 atom stereocenters. The van der Waals surface area contributed by atoms with Crippen LogP contribution in [0, 0.1) is 11.8 Å². The first kappa shape index (κ1) is 15.5. The number of aliphatic hydroxyl groups excluding tert-OH is 1. The highest BCUT2D eigenvalue weighted by molar-refractivity contribution is 5.70. The molecule has 1 rings (SSSR count). The smallest absolute Gasteiger partial charge is 0.306 e. The van der Waals surface area contributed by atoms with Gasteiger partial charge in [0.2, 0.25) is 0 Å². The van der Waals surface area contributed by atoms with Crippen LogP contribution in [-0.2, 0) is 9.53 Å². The summed E-state index contributed by atoms with van der Waals surface area (Å²) in [6.45, 7) is 7.88. The predicted molar refractivity (Wildman–Crippen MR) is 72.2 cm³/mol. The molecule has 1 N–H and O–H groups in total. The molecule has 1 fully saturated rings. The summed E-state index contributed by atoms with van der Waals surface area (Å²) in [5.74, 6) is 0.830. The lowest BCUT2D eigenvalue weighted by molar-refractivity contribution is -0.156. The Labute approximate surface area is 111 Å². The summed E-state index contributed by atoms with van der Waals surface area (Å²) >= 11 is 0. The van der Waals surface area contributed by atoms with Crippen molar-refractivity contribution in [3.8, 4) is 0 Å². The quantitative estimate of drug-likeness (QED) is 0.771. The minimum Gasteiger partial charge on any atom is -0.460 e. The number of ether oxygens (including phenoxy) is 1. The van der Waals surface area contributed by atoms with Gasteiger partial charge in [0.15, 0.2) is 0 Å². The van der Waals surface area contributed by atoms with Crippen LogP contribution in [-0.4, -0.2) is 22.8 Å². The first-order chi connectivity index (χ1) is 8.26. The molecule has 3 nitrogen and oxygen atoms in total. The third kappa shape index (κ3) is 6.39. The molecular formula is C15H28O3. The molecule has 3 heteroatoms. The Hall–Kier alpha value is -0.570. The van der Waals surface area contributed by atoms with Crippen molar-refractivity contribution in [2.24, 2.45) is 11.8 Å². The third-order valence-corrected chi connectivity index (χ3v) is 3.44. The normalized spacial score (nSPS) is 30.4. The fourth-order valence-electron chi connectivity index (χ4n) is 2.81. The van der Waals surface area contributed by atoms with E-state index in [0.29, 0.717) is 18.3 Å². The van der Waals surface area contributed by atoms with Crippen molar-refractivity contribution in [2.75, 3.05) is 0 Å². The Kier molecular flexibility index (Phi) is 5.64. The summed E-state index contributed by atoms with van der Waals surface area (Å²) in [6.07, 6.45) is 5.18. The van der Waals surface area contributed by atoms with Crippen molar-refractivity contribution in [3.63, 3.8) is 0 Å². The molecule has 1 saturated carbocycles. The highest BCUT2D eigenvalue weighted by Gasteiger charge is 2.24. The zero-order chi connectivity index (χ0) is 13.8. The Morgan fingerprint density at radius 2 is 1.94 bits per heavy atom. The van der Waals surface area contributed by atoms with E-state index in [0.717, 1.165) is 32.1 Å². The van der Waals surface area contributed by atoms with Crippen LogP contribution in [0.2, 0.25) is 0 Å². The summed E-state index contributed by atoms with van der Waals surface area (Å²) in [5.41, 5.74) is -0.388. The van der Waals surface area contributed by atoms with Crippen LogP contribution in [0.25, 0.3) is 0 Å². The Bertz CT molecular complexity index is 267. The molecular weight excluding hydrogens is 228 g/mol. The van der Waals surface area contributed by atoms with Gasteiger partial charge in [-0.15, -0.1) is 0 Å². The number of hydrogen-bond acceptors (Lipinski definition) is 3.